The van der Waals surface area contributed by atoms with Crippen LogP contribution >= 0.6 is 23.2 Å². The summed E-state index contributed by atoms with van der Waals surface area (Å²) in [5.41, 5.74) is 1.24. The summed E-state index contributed by atoms with van der Waals surface area (Å²) in [4.78, 5) is 0. The molecule has 0 aromatic heterocycles. The molecular formula is C13H10Cl2FNO. The molecule has 0 bridgehead atoms. The Morgan fingerprint density at radius 2 is 1.89 bits per heavy atom. The van der Waals surface area contributed by atoms with Gasteiger partial charge in [-0.1, -0.05) is 23.2 Å². The third-order valence-corrected chi connectivity index (χ3v) is 2.99. The van der Waals surface area contributed by atoms with Crippen LogP contribution < -0.4 is 5.32 Å². The maximum Gasteiger partial charge on any atom is 0.124 e. The molecule has 0 atom stereocenters. The molecule has 0 heterocycles. The van der Waals surface area contributed by atoms with E-state index in [1.54, 1.807) is 18.2 Å². The Balaban J connectivity index is 2.13. The van der Waals surface area contributed by atoms with Gasteiger partial charge in [0.15, 0.2) is 0 Å². The summed E-state index contributed by atoms with van der Waals surface area (Å²) in [5, 5.41) is 13.5. The third-order valence-electron chi connectivity index (χ3n) is 2.44. The molecule has 0 radical (unpaired) electrons. The molecule has 0 saturated carbocycles. The van der Waals surface area contributed by atoms with Crippen molar-refractivity contribution in [2.75, 3.05) is 5.32 Å². The van der Waals surface area contributed by atoms with Gasteiger partial charge in [-0.2, -0.15) is 0 Å². The number of phenolic OH excluding ortho intramolecular Hbond substituents is 1. The normalized spacial score (nSPS) is 10.4. The second-order valence-corrected chi connectivity index (χ2v) is 4.59. The Hall–Kier alpha value is -1.45. The Morgan fingerprint density at radius 1 is 1.11 bits per heavy atom. The molecule has 0 unspecified atom stereocenters. The molecule has 0 aliphatic carbocycles. The van der Waals surface area contributed by atoms with E-state index in [9.17, 15) is 9.50 Å². The summed E-state index contributed by atoms with van der Waals surface area (Å²) in [5.74, 6) is -0.249. The summed E-state index contributed by atoms with van der Waals surface area (Å²) in [6, 6.07) is 8.85. The van der Waals surface area contributed by atoms with Crippen LogP contribution in [0.4, 0.5) is 10.1 Å². The van der Waals surface area contributed by atoms with Crippen molar-refractivity contribution in [3.63, 3.8) is 0 Å². The number of phenols is 1. The van der Waals surface area contributed by atoms with E-state index in [0.717, 1.165) is 0 Å². The van der Waals surface area contributed by atoms with E-state index in [1.165, 1.54) is 18.2 Å². The van der Waals surface area contributed by atoms with E-state index in [1.807, 2.05) is 0 Å². The second kappa shape index (κ2) is 5.46. The summed E-state index contributed by atoms with van der Waals surface area (Å²) in [7, 11) is 0. The fourth-order valence-electron chi connectivity index (χ4n) is 1.52. The molecule has 0 aliphatic rings. The smallest absolute Gasteiger partial charge is 0.124 e. The number of hydrogen-bond acceptors (Lipinski definition) is 2. The fourth-order valence-corrected chi connectivity index (χ4v) is 1.95. The average molecular weight is 286 g/mol. The van der Waals surface area contributed by atoms with Crippen LogP contribution in [0.3, 0.4) is 0 Å². The van der Waals surface area contributed by atoms with Crippen LogP contribution in [0.1, 0.15) is 5.56 Å². The van der Waals surface area contributed by atoms with Gasteiger partial charge in [0.1, 0.15) is 11.6 Å². The lowest BCUT2D eigenvalue weighted by atomic mass is 10.2. The maximum atomic E-state index is 12.9. The van der Waals surface area contributed by atoms with Crippen molar-refractivity contribution in [2.45, 2.75) is 6.54 Å². The quantitative estimate of drug-likeness (QED) is 0.873. The van der Waals surface area contributed by atoms with Gasteiger partial charge in [-0.25, -0.2) is 4.39 Å². The predicted octanol–water partition coefficient (Wildman–Crippen LogP) is 4.45. The molecule has 2 rings (SSSR count). The number of halogens is 3. The van der Waals surface area contributed by atoms with Crippen molar-refractivity contribution in [1.82, 2.24) is 0 Å². The van der Waals surface area contributed by atoms with Gasteiger partial charge in [0, 0.05) is 17.1 Å². The SMILES string of the molecule is Oc1ccc(Cl)cc1CNc1ccc(F)cc1Cl. The summed E-state index contributed by atoms with van der Waals surface area (Å²) in [6.45, 7) is 0.345. The van der Waals surface area contributed by atoms with Gasteiger partial charge in [0.05, 0.1) is 10.7 Å². The molecular weight excluding hydrogens is 276 g/mol. The van der Waals surface area contributed by atoms with Crippen LogP contribution in [0.25, 0.3) is 0 Å². The number of nitrogens with one attached hydrogen (secondary N) is 1. The molecule has 0 amide bonds. The minimum atomic E-state index is -0.392. The Kier molecular flexibility index (Phi) is 3.94. The average Bonchev–Trinajstić information content (AvgIpc) is 2.32. The lowest BCUT2D eigenvalue weighted by molar-refractivity contribution is 0.469. The predicted molar refractivity (Wildman–Crippen MR) is 71.9 cm³/mol. The number of rotatable bonds is 3. The minimum absolute atomic E-state index is 0.144. The van der Waals surface area contributed by atoms with E-state index in [-0.39, 0.29) is 10.8 Å². The van der Waals surface area contributed by atoms with Crippen molar-refractivity contribution in [3.05, 3.63) is 57.8 Å². The van der Waals surface area contributed by atoms with E-state index in [0.29, 0.717) is 22.8 Å². The summed E-state index contributed by atoms with van der Waals surface area (Å²) in [6.07, 6.45) is 0. The highest BCUT2D eigenvalue weighted by atomic mass is 35.5. The van der Waals surface area contributed by atoms with Crippen LogP contribution in [0.2, 0.25) is 10.0 Å². The first-order valence-corrected chi connectivity index (χ1v) is 5.98. The summed E-state index contributed by atoms with van der Waals surface area (Å²) >= 11 is 11.7. The second-order valence-electron chi connectivity index (χ2n) is 3.75. The lowest BCUT2D eigenvalue weighted by Gasteiger charge is -2.10. The topological polar surface area (TPSA) is 32.3 Å². The van der Waals surface area contributed by atoms with Crippen LogP contribution in [0.15, 0.2) is 36.4 Å². The molecule has 18 heavy (non-hydrogen) atoms. The van der Waals surface area contributed by atoms with Crippen LogP contribution in [0.5, 0.6) is 5.75 Å². The molecule has 0 saturated heterocycles. The molecule has 94 valence electrons. The van der Waals surface area contributed by atoms with Crippen molar-refractivity contribution in [2.24, 2.45) is 0 Å². The van der Waals surface area contributed by atoms with Crippen LogP contribution in [-0.2, 0) is 6.54 Å². The van der Waals surface area contributed by atoms with Crippen molar-refractivity contribution in [1.29, 1.82) is 0 Å². The highest BCUT2D eigenvalue weighted by molar-refractivity contribution is 6.33. The number of anilines is 1. The van der Waals surface area contributed by atoms with Gasteiger partial charge >= 0.3 is 0 Å². The van der Waals surface area contributed by atoms with Crippen molar-refractivity contribution >= 4 is 28.9 Å². The molecule has 0 aliphatic heterocycles. The van der Waals surface area contributed by atoms with E-state index >= 15 is 0 Å². The van der Waals surface area contributed by atoms with E-state index < -0.39 is 5.82 Å². The number of aromatic hydroxyl groups is 1. The molecule has 2 aromatic carbocycles. The first-order chi connectivity index (χ1) is 8.56. The van der Waals surface area contributed by atoms with Crippen molar-refractivity contribution < 1.29 is 9.50 Å². The molecule has 2 nitrogen and oxygen atoms in total. The monoisotopic (exact) mass is 285 g/mol. The Morgan fingerprint density at radius 3 is 2.61 bits per heavy atom. The summed E-state index contributed by atoms with van der Waals surface area (Å²) < 4.78 is 12.9. The largest absolute Gasteiger partial charge is 0.508 e. The zero-order chi connectivity index (χ0) is 13.1. The van der Waals surface area contributed by atoms with Gasteiger partial charge in [0.2, 0.25) is 0 Å². The minimum Gasteiger partial charge on any atom is -0.508 e. The number of benzene rings is 2. The third kappa shape index (κ3) is 3.06. The van der Waals surface area contributed by atoms with Crippen LogP contribution in [0, 0.1) is 5.82 Å². The van der Waals surface area contributed by atoms with E-state index in [2.05, 4.69) is 5.32 Å². The zero-order valence-corrected chi connectivity index (χ0v) is 10.8. The fraction of sp³-hybridized carbons (Fsp3) is 0.0769. The highest BCUT2D eigenvalue weighted by Crippen LogP contribution is 2.26. The molecule has 5 heteroatoms. The highest BCUT2D eigenvalue weighted by Gasteiger charge is 2.05. The maximum absolute atomic E-state index is 12.9. The molecule has 0 spiro atoms. The standard InChI is InChI=1S/C13H10Cl2FNO/c14-9-1-4-13(18)8(5-9)7-17-12-3-2-10(16)6-11(12)15/h1-6,17-18H,7H2. The van der Waals surface area contributed by atoms with E-state index in [4.69, 9.17) is 23.2 Å². The molecule has 2 N–H and O–H groups in total. The Bertz CT molecular complexity index is 575. The van der Waals surface area contributed by atoms with Crippen LogP contribution in [-0.4, -0.2) is 5.11 Å². The van der Waals surface area contributed by atoms with Gasteiger partial charge in [-0.05, 0) is 36.4 Å². The van der Waals surface area contributed by atoms with Gasteiger partial charge < -0.3 is 10.4 Å². The molecule has 2 aromatic rings. The zero-order valence-electron chi connectivity index (χ0n) is 9.25. The van der Waals surface area contributed by atoms with Gasteiger partial charge in [0.25, 0.3) is 0 Å². The van der Waals surface area contributed by atoms with Gasteiger partial charge in [-0.3, -0.25) is 0 Å². The molecule has 0 fully saturated rings. The van der Waals surface area contributed by atoms with Gasteiger partial charge in [-0.15, -0.1) is 0 Å². The Labute approximate surface area is 114 Å². The lowest BCUT2D eigenvalue weighted by Crippen LogP contribution is -2.00. The van der Waals surface area contributed by atoms with Crippen molar-refractivity contribution in [3.8, 4) is 5.75 Å². The first kappa shape index (κ1) is 13.0. The number of hydrogen-bond donors (Lipinski definition) is 2. The first-order valence-electron chi connectivity index (χ1n) is 5.22.